The van der Waals surface area contributed by atoms with Gasteiger partial charge in [0.05, 0.1) is 5.10 Å². The maximum absolute atomic E-state index is 12.3. The lowest BCUT2D eigenvalue weighted by Crippen LogP contribution is -2.37. The van der Waals surface area contributed by atoms with E-state index in [0.717, 1.165) is 21.9 Å². The van der Waals surface area contributed by atoms with E-state index in [4.69, 9.17) is 0 Å². The molecule has 0 aliphatic rings. The van der Waals surface area contributed by atoms with E-state index >= 15 is 0 Å². The monoisotopic (exact) mass is 302 g/mol. The first-order valence-electron chi connectivity index (χ1n) is 7.31. The van der Waals surface area contributed by atoms with Gasteiger partial charge in [-0.2, -0.15) is 0 Å². The average molecular weight is 302 g/mol. The highest BCUT2D eigenvalue weighted by Crippen LogP contribution is 2.18. The van der Waals surface area contributed by atoms with Crippen molar-refractivity contribution in [3.05, 3.63) is 84.1 Å². The molecule has 3 aromatic carbocycles. The summed E-state index contributed by atoms with van der Waals surface area (Å²) in [6.45, 7) is 0. The van der Waals surface area contributed by atoms with Crippen molar-refractivity contribution < 1.29 is 4.85 Å². The summed E-state index contributed by atoms with van der Waals surface area (Å²) in [7, 11) is 0. The summed E-state index contributed by atoms with van der Waals surface area (Å²) in [5.41, 5.74) is 3.92. The lowest BCUT2D eigenvalue weighted by Gasteiger charge is -2.07. The van der Waals surface area contributed by atoms with Crippen molar-refractivity contribution in [2.75, 3.05) is 5.32 Å². The van der Waals surface area contributed by atoms with Gasteiger partial charge >= 0.3 is 0 Å². The summed E-state index contributed by atoms with van der Waals surface area (Å²) in [5, 5.41) is 20.0. The Kier molecular flexibility index (Phi) is 3.16. The second-order valence-electron chi connectivity index (χ2n) is 5.19. The largest absolute Gasteiger partial charge is 0.692 e. The van der Waals surface area contributed by atoms with Gasteiger partial charge in [0.25, 0.3) is 0 Å². The second kappa shape index (κ2) is 5.46. The molecule has 4 aromatic rings. The topological polar surface area (TPSA) is 56.8 Å². The zero-order valence-corrected chi connectivity index (χ0v) is 12.3. The van der Waals surface area contributed by atoms with Crippen LogP contribution >= 0.6 is 0 Å². The highest BCUT2D eigenvalue weighted by atomic mass is 16.5. The Balaban J connectivity index is 1.66. The van der Waals surface area contributed by atoms with Gasteiger partial charge < -0.3 is 10.5 Å². The first-order valence-corrected chi connectivity index (χ1v) is 7.31. The van der Waals surface area contributed by atoms with E-state index in [1.165, 1.54) is 4.80 Å². The maximum Gasteiger partial charge on any atom is 0.250 e. The van der Waals surface area contributed by atoms with Gasteiger partial charge in [0.1, 0.15) is 5.69 Å². The first-order chi connectivity index (χ1) is 11.3. The number of hydrogen-bond donors (Lipinski definition) is 1. The molecule has 5 nitrogen and oxygen atoms in total. The minimum absolute atomic E-state index is 0.555. The van der Waals surface area contributed by atoms with E-state index in [9.17, 15) is 5.21 Å². The molecule has 0 aliphatic heterocycles. The summed E-state index contributed by atoms with van der Waals surface area (Å²) < 4.78 is 0. The molecular formula is C18H14N4O. The van der Waals surface area contributed by atoms with Crippen LogP contribution in [-0.4, -0.2) is 9.90 Å². The molecule has 112 valence electrons. The first kappa shape index (κ1) is 13.3. The molecule has 0 aliphatic carbocycles. The van der Waals surface area contributed by atoms with Crippen LogP contribution < -0.4 is 10.2 Å². The molecule has 0 fully saturated rings. The number of hydrogen-bond acceptors (Lipinski definition) is 3. The zero-order valence-electron chi connectivity index (χ0n) is 12.3. The summed E-state index contributed by atoms with van der Waals surface area (Å²) in [4.78, 5) is 2.16. The highest BCUT2D eigenvalue weighted by Gasteiger charge is 2.14. The summed E-state index contributed by atoms with van der Waals surface area (Å²) in [6.07, 6.45) is 0. The molecule has 0 atom stereocenters. The number of fused-ring (bicyclic) bond motifs is 1. The van der Waals surface area contributed by atoms with Gasteiger partial charge in [-0.15, -0.1) is 4.85 Å². The van der Waals surface area contributed by atoms with Crippen molar-refractivity contribution in [3.63, 3.8) is 0 Å². The molecule has 0 spiro atoms. The summed E-state index contributed by atoms with van der Waals surface area (Å²) in [5.74, 6) is 0. The van der Waals surface area contributed by atoms with Crippen molar-refractivity contribution in [1.29, 1.82) is 0 Å². The number of nitrogens with zero attached hydrogens (tertiary/aromatic N) is 3. The maximum atomic E-state index is 12.3. The predicted molar refractivity (Wildman–Crippen MR) is 89.8 cm³/mol. The van der Waals surface area contributed by atoms with Gasteiger partial charge in [-0.25, -0.2) is 0 Å². The van der Waals surface area contributed by atoms with Crippen LogP contribution in [0.4, 0.5) is 11.4 Å². The average Bonchev–Trinajstić information content (AvgIpc) is 2.94. The quantitative estimate of drug-likeness (QED) is 0.466. The van der Waals surface area contributed by atoms with E-state index < -0.39 is 0 Å². The number of nitrogens with one attached hydrogen (secondary N) is 1. The minimum atomic E-state index is 0.555. The number of rotatable bonds is 3. The third-order valence-electron chi connectivity index (χ3n) is 3.62. The van der Waals surface area contributed by atoms with E-state index in [2.05, 4.69) is 10.4 Å². The van der Waals surface area contributed by atoms with Gasteiger partial charge in [-0.05, 0) is 53.3 Å². The van der Waals surface area contributed by atoms with Gasteiger partial charge in [-0.3, -0.25) is 0 Å². The Bertz CT molecular complexity index is 946. The Morgan fingerprint density at radius 1 is 0.783 bits per heavy atom. The molecule has 0 saturated carbocycles. The fourth-order valence-corrected chi connectivity index (χ4v) is 2.48. The summed E-state index contributed by atoms with van der Waals surface area (Å²) in [6, 6.07) is 24.8. The van der Waals surface area contributed by atoms with Crippen LogP contribution in [0, 0.1) is 5.21 Å². The Morgan fingerprint density at radius 3 is 2.17 bits per heavy atom. The van der Waals surface area contributed by atoms with Crippen LogP contribution in [-0.2, 0) is 0 Å². The fourth-order valence-electron chi connectivity index (χ4n) is 2.48. The fraction of sp³-hybridized carbons (Fsp3) is 0. The third-order valence-corrected chi connectivity index (χ3v) is 3.62. The molecule has 4 rings (SSSR count). The SMILES string of the molecule is [O-][n+]1c2ccccc2nn1-c1ccc(Nc2ccccc2)cc1. The molecule has 0 amide bonds. The molecule has 0 radical (unpaired) electrons. The number of para-hydroxylation sites is 2. The molecule has 1 heterocycles. The molecule has 0 unspecified atom stereocenters. The van der Waals surface area contributed by atoms with Crippen molar-refractivity contribution in [1.82, 2.24) is 9.90 Å². The van der Waals surface area contributed by atoms with Gasteiger partial charge in [-0.1, -0.05) is 30.3 Å². The minimum Gasteiger partial charge on any atom is -0.692 e. The van der Waals surface area contributed by atoms with Gasteiger partial charge in [0, 0.05) is 11.4 Å². The van der Waals surface area contributed by atoms with Gasteiger partial charge in [0.2, 0.25) is 11.0 Å². The van der Waals surface area contributed by atoms with Crippen LogP contribution in [0.2, 0.25) is 0 Å². The predicted octanol–water partition coefficient (Wildman–Crippen LogP) is 3.40. The van der Waals surface area contributed by atoms with Crippen LogP contribution in [0.3, 0.4) is 0 Å². The molecule has 1 N–H and O–H groups in total. The summed E-state index contributed by atoms with van der Waals surface area (Å²) >= 11 is 0. The zero-order chi connectivity index (χ0) is 15.6. The second-order valence-corrected chi connectivity index (χ2v) is 5.19. The van der Waals surface area contributed by atoms with E-state index in [-0.39, 0.29) is 0 Å². The third kappa shape index (κ3) is 2.48. The molecule has 1 aromatic heterocycles. The van der Waals surface area contributed by atoms with E-state index in [1.54, 1.807) is 6.07 Å². The van der Waals surface area contributed by atoms with E-state index in [1.807, 2.05) is 72.8 Å². The van der Waals surface area contributed by atoms with Crippen LogP contribution in [0.5, 0.6) is 0 Å². The number of aromatic nitrogens is 3. The molecule has 0 saturated heterocycles. The lowest BCUT2D eigenvalue weighted by molar-refractivity contribution is -0.664. The Labute approximate surface area is 133 Å². The van der Waals surface area contributed by atoms with Crippen molar-refractivity contribution in [2.45, 2.75) is 0 Å². The van der Waals surface area contributed by atoms with Crippen molar-refractivity contribution in [2.24, 2.45) is 0 Å². The van der Waals surface area contributed by atoms with Crippen LogP contribution in [0.25, 0.3) is 16.7 Å². The van der Waals surface area contributed by atoms with Crippen molar-refractivity contribution in [3.8, 4) is 5.69 Å². The normalized spacial score (nSPS) is 10.8. The number of benzene rings is 3. The van der Waals surface area contributed by atoms with E-state index in [0.29, 0.717) is 11.0 Å². The smallest absolute Gasteiger partial charge is 0.250 e. The van der Waals surface area contributed by atoms with Gasteiger partial charge in [0.15, 0.2) is 0 Å². The highest BCUT2D eigenvalue weighted by molar-refractivity contribution is 5.70. The van der Waals surface area contributed by atoms with Crippen molar-refractivity contribution >= 4 is 22.4 Å². The Morgan fingerprint density at radius 2 is 1.43 bits per heavy atom. The number of anilines is 2. The molecule has 5 heteroatoms. The Hall–Kier alpha value is -3.34. The molecular weight excluding hydrogens is 288 g/mol. The van der Waals surface area contributed by atoms with Crippen LogP contribution in [0.15, 0.2) is 78.9 Å². The molecule has 23 heavy (non-hydrogen) atoms. The van der Waals surface area contributed by atoms with Crippen LogP contribution in [0.1, 0.15) is 0 Å². The lowest BCUT2D eigenvalue weighted by atomic mass is 10.2. The molecule has 0 bridgehead atoms. The standard InChI is InChI=1S/C18H14N4O/c23-22-18-9-5-4-8-17(18)20-21(22)16-12-10-15(11-13-16)19-14-6-2-1-3-7-14/h1-13,19H.